The Kier molecular flexibility index (Phi) is 3.05. The van der Waals surface area contributed by atoms with E-state index in [1.807, 2.05) is 22.3 Å². The van der Waals surface area contributed by atoms with E-state index in [0.717, 1.165) is 22.0 Å². The molecule has 0 amide bonds. The number of hydrogen-bond donors (Lipinski definition) is 1. The van der Waals surface area contributed by atoms with Crippen LogP contribution in [0, 0.1) is 5.41 Å². The number of halogens is 1. The van der Waals surface area contributed by atoms with Crippen molar-refractivity contribution < 1.29 is 0 Å². The first-order valence-corrected chi connectivity index (χ1v) is 5.61. The van der Waals surface area contributed by atoms with Gasteiger partial charge in [0, 0.05) is 23.4 Å². The standard InChI is InChI=1S/C11H8IN3/c12-4-3-9-8(5-13)1-2-11-10(9)6-14-7-15-11/h1-7,13H/b4-3-,13-5?. The second kappa shape index (κ2) is 4.48. The van der Waals surface area contributed by atoms with Gasteiger partial charge in [0.05, 0.1) is 5.52 Å². The molecule has 4 heteroatoms. The Hall–Kier alpha value is -1.30. The SMILES string of the molecule is N=Cc1ccc2ncncc2c1/C=C\I. The molecule has 0 unspecified atom stereocenters. The fourth-order valence-corrected chi connectivity index (χ4v) is 1.83. The second-order valence-corrected chi connectivity index (χ2v) is 3.68. The average molecular weight is 309 g/mol. The maximum atomic E-state index is 7.34. The number of nitrogens with one attached hydrogen (secondary N) is 1. The fraction of sp³-hybridized carbons (Fsp3) is 0. The van der Waals surface area contributed by atoms with Crippen molar-refractivity contribution in [2.24, 2.45) is 0 Å². The van der Waals surface area contributed by atoms with Gasteiger partial charge in [-0.1, -0.05) is 28.7 Å². The van der Waals surface area contributed by atoms with Crippen LogP contribution in [0.2, 0.25) is 0 Å². The van der Waals surface area contributed by atoms with Crippen LogP contribution >= 0.6 is 22.6 Å². The molecule has 0 aliphatic carbocycles. The van der Waals surface area contributed by atoms with E-state index in [1.165, 1.54) is 12.5 Å². The van der Waals surface area contributed by atoms with Crippen molar-refractivity contribution in [3.8, 4) is 0 Å². The van der Waals surface area contributed by atoms with Crippen molar-refractivity contribution >= 4 is 45.8 Å². The summed E-state index contributed by atoms with van der Waals surface area (Å²) in [5.74, 6) is 0. The van der Waals surface area contributed by atoms with Crippen LogP contribution in [0.15, 0.2) is 28.7 Å². The molecule has 0 atom stereocenters. The van der Waals surface area contributed by atoms with Crippen LogP contribution in [0.25, 0.3) is 17.0 Å². The largest absolute Gasteiger partial charge is 0.308 e. The Labute approximate surface area is 101 Å². The topological polar surface area (TPSA) is 49.6 Å². The summed E-state index contributed by atoms with van der Waals surface area (Å²) < 4.78 is 1.92. The number of nitrogens with zero attached hydrogens (tertiary/aromatic N) is 2. The molecule has 1 N–H and O–H groups in total. The predicted octanol–water partition coefficient (Wildman–Crippen LogP) is 3.03. The highest BCUT2D eigenvalue weighted by molar-refractivity contribution is 14.1. The zero-order chi connectivity index (χ0) is 10.7. The van der Waals surface area contributed by atoms with Crippen molar-refractivity contribution in [2.45, 2.75) is 0 Å². The third-order valence-electron chi connectivity index (χ3n) is 2.15. The Balaban J connectivity index is 2.84. The molecular formula is C11H8IN3. The molecule has 1 heterocycles. The van der Waals surface area contributed by atoms with Crippen molar-refractivity contribution in [3.63, 3.8) is 0 Å². The molecule has 2 aromatic rings. The molecule has 74 valence electrons. The third kappa shape index (κ3) is 1.90. The summed E-state index contributed by atoms with van der Waals surface area (Å²) in [5, 5.41) is 8.31. The summed E-state index contributed by atoms with van der Waals surface area (Å²) in [6.45, 7) is 0. The monoisotopic (exact) mass is 309 g/mol. The van der Waals surface area contributed by atoms with Crippen LogP contribution in [0.4, 0.5) is 0 Å². The summed E-state index contributed by atoms with van der Waals surface area (Å²) in [6, 6.07) is 3.80. The molecule has 0 saturated heterocycles. The molecular weight excluding hydrogens is 301 g/mol. The lowest BCUT2D eigenvalue weighted by Crippen LogP contribution is -1.90. The highest BCUT2D eigenvalue weighted by Gasteiger charge is 2.03. The maximum absolute atomic E-state index is 7.34. The van der Waals surface area contributed by atoms with Gasteiger partial charge < -0.3 is 5.41 Å². The van der Waals surface area contributed by atoms with Crippen LogP contribution in [0.3, 0.4) is 0 Å². The van der Waals surface area contributed by atoms with Gasteiger partial charge in [0.15, 0.2) is 0 Å². The smallest absolute Gasteiger partial charge is 0.116 e. The lowest BCUT2D eigenvalue weighted by molar-refractivity contribution is 1.22. The van der Waals surface area contributed by atoms with E-state index in [4.69, 9.17) is 5.41 Å². The molecule has 0 saturated carbocycles. The van der Waals surface area contributed by atoms with Gasteiger partial charge in [0.25, 0.3) is 0 Å². The van der Waals surface area contributed by atoms with Gasteiger partial charge in [-0.2, -0.15) is 0 Å². The second-order valence-electron chi connectivity index (χ2n) is 2.96. The number of rotatable bonds is 2. The molecule has 0 aliphatic heterocycles. The average Bonchev–Trinajstić information content (AvgIpc) is 2.30. The Morgan fingerprint density at radius 2 is 2.20 bits per heavy atom. The summed E-state index contributed by atoms with van der Waals surface area (Å²) in [7, 11) is 0. The van der Waals surface area contributed by atoms with Crippen molar-refractivity contribution in [1.82, 2.24) is 9.97 Å². The van der Waals surface area contributed by atoms with Crippen molar-refractivity contribution in [2.75, 3.05) is 0 Å². The Morgan fingerprint density at radius 3 is 2.93 bits per heavy atom. The first-order valence-electron chi connectivity index (χ1n) is 4.37. The van der Waals surface area contributed by atoms with Gasteiger partial charge in [0.1, 0.15) is 6.33 Å². The zero-order valence-electron chi connectivity index (χ0n) is 7.81. The summed E-state index contributed by atoms with van der Waals surface area (Å²) in [4.78, 5) is 8.19. The summed E-state index contributed by atoms with van der Waals surface area (Å²) in [6.07, 6.45) is 6.62. The van der Waals surface area contributed by atoms with Gasteiger partial charge in [-0.05, 0) is 21.8 Å². The lowest BCUT2D eigenvalue weighted by Gasteiger charge is -2.04. The van der Waals surface area contributed by atoms with E-state index in [9.17, 15) is 0 Å². The molecule has 15 heavy (non-hydrogen) atoms. The van der Waals surface area contributed by atoms with Gasteiger partial charge >= 0.3 is 0 Å². The van der Waals surface area contributed by atoms with Crippen molar-refractivity contribution in [1.29, 1.82) is 5.41 Å². The van der Waals surface area contributed by atoms with E-state index in [2.05, 4.69) is 32.6 Å². The number of benzene rings is 1. The lowest BCUT2D eigenvalue weighted by atomic mass is 10.0. The number of aromatic nitrogens is 2. The quantitative estimate of drug-likeness (QED) is 0.685. The first-order chi connectivity index (χ1) is 7.36. The van der Waals surface area contributed by atoms with E-state index in [1.54, 1.807) is 6.20 Å². The predicted molar refractivity (Wildman–Crippen MR) is 70.5 cm³/mol. The molecule has 1 aromatic carbocycles. The molecule has 0 spiro atoms. The van der Waals surface area contributed by atoms with Crippen LogP contribution in [0.1, 0.15) is 11.1 Å². The third-order valence-corrected chi connectivity index (χ3v) is 2.51. The Morgan fingerprint density at radius 1 is 1.33 bits per heavy atom. The fourth-order valence-electron chi connectivity index (χ4n) is 1.47. The molecule has 0 radical (unpaired) electrons. The highest BCUT2D eigenvalue weighted by atomic mass is 127. The number of fused-ring (bicyclic) bond motifs is 1. The number of hydrogen-bond acceptors (Lipinski definition) is 3. The Bertz CT molecular complexity index is 534. The van der Waals surface area contributed by atoms with Gasteiger partial charge in [0.2, 0.25) is 0 Å². The minimum Gasteiger partial charge on any atom is -0.308 e. The zero-order valence-corrected chi connectivity index (χ0v) is 9.97. The minimum atomic E-state index is 0.880. The first kappa shape index (κ1) is 10.2. The van der Waals surface area contributed by atoms with E-state index >= 15 is 0 Å². The molecule has 0 aliphatic rings. The maximum Gasteiger partial charge on any atom is 0.116 e. The molecule has 3 nitrogen and oxygen atoms in total. The van der Waals surface area contributed by atoms with Gasteiger partial charge in [-0.15, -0.1) is 0 Å². The summed E-state index contributed by atoms with van der Waals surface area (Å²) in [5.41, 5.74) is 2.78. The van der Waals surface area contributed by atoms with Crippen LogP contribution < -0.4 is 0 Å². The van der Waals surface area contributed by atoms with Crippen molar-refractivity contribution in [3.05, 3.63) is 39.9 Å². The van der Waals surface area contributed by atoms with Gasteiger partial charge in [-0.3, -0.25) is 0 Å². The summed E-state index contributed by atoms with van der Waals surface area (Å²) >= 11 is 2.16. The normalized spacial score (nSPS) is 11.0. The van der Waals surface area contributed by atoms with Crippen LogP contribution in [0.5, 0.6) is 0 Å². The highest BCUT2D eigenvalue weighted by Crippen LogP contribution is 2.21. The van der Waals surface area contributed by atoms with Crippen LogP contribution in [-0.4, -0.2) is 16.2 Å². The van der Waals surface area contributed by atoms with E-state index < -0.39 is 0 Å². The van der Waals surface area contributed by atoms with E-state index in [0.29, 0.717) is 0 Å². The van der Waals surface area contributed by atoms with Gasteiger partial charge in [-0.25, -0.2) is 9.97 Å². The van der Waals surface area contributed by atoms with Crippen LogP contribution in [-0.2, 0) is 0 Å². The van der Waals surface area contributed by atoms with E-state index in [-0.39, 0.29) is 0 Å². The molecule has 1 aromatic heterocycles. The molecule has 0 fully saturated rings. The molecule has 2 rings (SSSR count). The minimum absolute atomic E-state index is 0.880. The molecule has 0 bridgehead atoms.